The van der Waals surface area contributed by atoms with Crippen LogP contribution in [-0.2, 0) is 6.54 Å². The fourth-order valence-electron chi connectivity index (χ4n) is 1.89. The first-order valence-electron chi connectivity index (χ1n) is 6.89. The minimum Gasteiger partial charge on any atom is -0.436 e. The van der Waals surface area contributed by atoms with Gasteiger partial charge >= 0.3 is 0 Å². The fraction of sp³-hybridized carbons (Fsp3) is 0.312. The van der Waals surface area contributed by atoms with Crippen LogP contribution >= 0.6 is 15.9 Å². The van der Waals surface area contributed by atoms with E-state index in [9.17, 15) is 4.39 Å². The molecule has 1 aromatic heterocycles. The van der Waals surface area contributed by atoms with Crippen molar-refractivity contribution in [3.63, 3.8) is 0 Å². The Morgan fingerprint density at radius 1 is 1.33 bits per heavy atom. The Hall–Kier alpha value is -1.46. The summed E-state index contributed by atoms with van der Waals surface area (Å²) in [6, 6.07) is 6.58. The zero-order valence-electron chi connectivity index (χ0n) is 12.1. The zero-order chi connectivity index (χ0) is 15.2. The van der Waals surface area contributed by atoms with Crippen LogP contribution in [0.4, 0.5) is 4.39 Å². The number of hydrogen-bond acceptors (Lipinski definition) is 3. The van der Waals surface area contributed by atoms with E-state index >= 15 is 0 Å². The first kappa shape index (κ1) is 15.9. The summed E-state index contributed by atoms with van der Waals surface area (Å²) in [7, 11) is 0. The van der Waals surface area contributed by atoms with E-state index < -0.39 is 5.82 Å². The molecule has 0 bridgehead atoms. The summed E-state index contributed by atoms with van der Waals surface area (Å²) in [5.74, 6) is 0.177. The second-order valence-electron chi connectivity index (χ2n) is 4.82. The van der Waals surface area contributed by atoms with E-state index in [0.29, 0.717) is 5.88 Å². The quantitative estimate of drug-likeness (QED) is 0.772. The molecule has 0 saturated carbocycles. The van der Waals surface area contributed by atoms with Gasteiger partial charge in [0, 0.05) is 22.8 Å². The highest BCUT2D eigenvalue weighted by atomic mass is 79.9. The van der Waals surface area contributed by atoms with Crippen molar-refractivity contribution in [2.24, 2.45) is 0 Å². The number of aromatic nitrogens is 1. The second kappa shape index (κ2) is 7.52. The first-order valence-corrected chi connectivity index (χ1v) is 7.68. The molecule has 2 aromatic rings. The molecule has 112 valence electrons. The lowest BCUT2D eigenvalue weighted by Crippen LogP contribution is -2.14. The molecule has 2 rings (SSSR count). The lowest BCUT2D eigenvalue weighted by atomic mass is 10.2. The molecule has 0 unspecified atom stereocenters. The average Bonchev–Trinajstić information content (AvgIpc) is 2.46. The largest absolute Gasteiger partial charge is 0.436 e. The lowest BCUT2D eigenvalue weighted by molar-refractivity contribution is 0.423. The van der Waals surface area contributed by atoms with Crippen molar-refractivity contribution in [1.82, 2.24) is 10.3 Å². The molecule has 0 aliphatic heterocycles. The zero-order valence-corrected chi connectivity index (χ0v) is 13.7. The number of nitrogens with zero attached hydrogens (tertiary/aromatic N) is 1. The molecule has 0 amide bonds. The summed E-state index contributed by atoms with van der Waals surface area (Å²) in [6.45, 7) is 5.77. The molecular weight excluding hydrogens is 335 g/mol. The van der Waals surface area contributed by atoms with Crippen molar-refractivity contribution in [2.45, 2.75) is 26.8 Å². The molecule has 0 fully saturated rings. The third-order valence-corrected chi connectivity index (χ3v) is 3.44. The van der Waals surface area contributed by atoms with Crippen molar-refractivity contribution >= 4 is 15.9 Å². The van der Waals surface area contributed by atoms with Gasteiger partial charge in [-0.15, -0.1) is 0 Å². The first-order chi connectivity index (χ1) is 10.1. The number of nitrogens with one attached hydrogen (secondary N) is 1. The highest BCUT2D eigenvalue weighted by molar-refractivity contribution is 9.10. The van der Waals surface area contributed by atoms with Gasteiger partial charge in [0.1, 0.15) is 0 Å². The summed E-state index contributed by atoms with van der Waals surface area (Å²) in [4.78, 5) is 4.28. The van der Waals surface area contributed by atoms with Crippen molar-refractivity contribution in [3.05, 3.63) is 51.9 Å². The van der Waals surface area contributed by atoms with E-state index in [1.54, 1.807) is 18.3 Å². The Morgan fingerprint density at radius 3 is 2.86 bits per heavy atom. The molecule has 0 saturated heterocycles. The van der Waals surface area contributed by atoms with Gasteiger partial charge in [0.15, 0.2) is 11.6 Å². The summed E-state index contributed by atoms with van der Waals surface area (Å²) in [5.41, 5.74) is 1.97. The van der Waals surface area contributed by atoms with E-state index in [1.165, 1.54) is 6.07 Å². The Labute approximate surface area is 132 Å². The van der Waals surface area contributed by atoms with Crippen LogP contribution in [0.2, 0.25) is 0 Å². The summed E-state index contributed by atoms with van der Waals surface area (Å²) >= 11 is 3.30. The third kappa shape index (κ3) is 4.51. The molecule has 0 spiro atoms. The van der Waals surface area contributed by atoms with Crippen LogP contribution in [0.1, 0.15) is 24.5 Å². The number of pyridine rings is 1. The van der Waals surface area contributed by atoms with Gasteiger partial charge in [0.2, 0.25) is 5.88 Å². The van der Waals surface area contributed by atoms with Crippen LogP contribution in [0.25, 0.3) is 0 Å². The van der Waals surface area contributed by atoms with Crippen molar-refractivity contribution < 1.29 is 9.13 Å². The molecule has 1 aromatic carbocycles. The van der Waals surface area contributed by atoms with E-state index in [4.69, 9.17) is 4.74 Å². The maximum atomic E-state index is 13.7. The number of aryl methyl sites for hydroxylation is 1. The van der Waals surface area contributed by atoms with Crippen LogP contribution in [0.5, 0.6) is 11.6 Å². The number of rotatable bonds is 6. The minimum absolute atomic E-state index is 0.164. The van der Waals surface area contributed by atoms with Crippen molar-refractivity contribution in [1.29, 1.82) is 0 Å². The van der Waals surface area contributed by atoms with Gasteiger partial charge < -0.3 is 10.1 Å². The number of hydrogen-bond donors (Lipinski definition) is 1. The van der Waals surface area contributed by atoms with Gasteiger partial charge in [0.05, 0.1) is 0 Å². The Morgan fingerprint density at radius 2 is 2.14 bits per heavy atom. The van der Waals surface area contributed by atoms with Gasteiger partial charge in [-0.1, -0.05) is 22.9 Å². The molecule has 0 atom stereocenters. The molecule has 3 nitrogen and oxygen atoms in total. The summed E-state index contributed by atoms with van der Waals surface area (Å²) in [6.07, 6.45) is 2.84. The van der Waals surface area contributed by atoms with Crippen LogP contribution in [0, 0.1) is 12.7 Å². The van der Waals surface area contributed by atoms with E-state index in [2.05, 4.69) is 33.2 Å². The number of ether oxygens (including phenoxy) is 1. The lowest BCUT2D eigenvalue weighted by Gasteiger charge is -2.10. The maximum Gasteiger partial charge on any atom is 0.222 e. The van der Waals surface area contributed by atoms with Gasteiger partial charge in [-0.25, -0.2) is 9.37 Å². The number of benzene rings is 1. The standard InChI is InChI=1S/C16H18BrFN2O/c1-3-6-19-9-12-7-11(2)16(20-10-12)21-15-8-13(17)4-5-14(15)18/h4-5,7-8,10,19H,3,6,9H2,1-2H3. The van der Waals surface area contributed by atoms with Crippen LogP contribution in [-0.4, -0.2) is 11.5 Å². The third-order valence-electron chi connectivity index (χ3n) is 2.94. The van der Waals surface area contributed by atoms with Crippen molar-refractivity contribution in [3.8, 4) is 11.6 Å². The Balaban J connectivity index is 2.12. The monoisotopic (exact) mass is 352 g/mol. The Kier molecular flexibility index (Phi) is 5.70. The predicted molar refractivity (Wildman–Crippen MR) is 85.1 cm³/mol. The normalized spacial score (nSPS) is 10.7. The second-order valence-corrected chi connectivity index (χ2v) is 5.73. The molecule has 0 aliphatic carbocycles. The molecule has 1 heterocycles. The van der Waals surface area contributed by atoms with E-state index in [1.807, 2.05) is 13.0 Å². The fourth-order valence-corrected chi connectivity index (χ4v) is 2.23. The van der Waals surface area contributed by atoms with Crippen LogP contribution in [0.15, 0.2) is 34.9 Å². The van der Waals surface area contributed by atoms with Gasteiger partial charge in [-0.3, -0.25) is 0 Å². The SMILES string of the molecule is CCCNCc1cnc(Oc2cc(Br)ccc2F)c(C)c1. The smallest absolute Gasteiger partial charge is 0.222 e. The highest BCUT2D eigenvalue weighted by Gasteiger charge is 2.09. The van der Waals surface area contributed by atoms with Gasteiger partial charge in [-0.05, 0) is 49.7 Å². The van der Waals surface area contributed by atoms with E-state index in [0.717, 1.165) is 35.1 Å². The summed E-state index contributed by atoms with van der Waals surface area (Å²) < 4.78 is 20.0. The highest BCUT2D eigenvalue weighted by Crippen LogP contribution is 2.28. The van der Waals surface area contributed by atoms with Gasteiger partial charge in [-0.2, -0.15) is 0 Å². The molecule has 0 aliphatic rings. The molecular formula is C16H18BrFN2O. The molecule has 21 heavy (non-hydrogen) atoms. The average molecular weight is 353 g/mol. The summed E-state index contributed by atoms with van der Waals surface area (Å²) in [5, 5.41) is 3.32. The molecule has 5 heteroatoms. The van der Waals surface area contributed by atoms with Crippen molar-refractivity contribution in [2.75, 3.05) is 6.54 Å². The van der Waals surface area contributed by atoms with Crippen LogP contribution < -0.4 is 10.1 Å². The van der Waals surface area contributed by atoms with Gasteiger partial charge in [0.25, 0.3) is 0 Å². The molecule has 0 radical (unpaired) electrons. The Bertz CT molecular complexity index is 619. The maximum absolute atomic E-state index is 13.7. The predicted octanol–water partition coefficient (Wildman–Crippen LogP) is 4.58. The molecule has 1 N–H and O–H groups in total. The van der Waals surface area contributed by atoms with E-state index in [-0.39, 0.29) is 5.75 Å². The van der Waals surface area contributed by atoms with Crippen LogP contribution in [0.3, 0.4) is 0 Å². The topological polar surface area (TPSA) is 34.2 Å². The minimum atomic E-state index is -0.409. The number of halogens is 2.